The summed E-state index contributed by atoms with van der Waals surface area (Å²) in [6.45, 7) is 6.85. The van der Waals surface area contributed by atoms with Crippen LogP contribution in [0, 0.1) is 5.41 Å². The third-order valence-corrected chi connectivity index (χ3v) is 6.73. The Labute approximate surface area is 154 Å². The van der Waals surface area contributed by atoms with Crippen molar-refractivity contribution in [2.45, 2.75) is 45.6 Å². The molecule has 0 N–H and O–H groups in total. The van der Waals surface area contributed by atoms with Gasteiger partial charge in [-0.1, -0.05) is 25.1 Å². The lowest BCUT2D eigenvalue weighted by atomic mass is 9.66. The van der Waals surface area contributed by atoms with Gasteiger partial charge in [-0.05, 0) is 56.9 Å². The molecule has 4 nitrogen and oxygen atoms in total. The summed E-state index contributed by atoms with van der Waals surface area (Å²) in [5.74, 6) is -0.190. The summed E-state index contributed by atoms with van der Waals surface area (Å²) in [6, 6.07) is 8.92. The SMILES string of the molecule is CCOC(=O)C1=C[C@@]2(CC)CCCN3CCc4c(n1c1ccccc41)[C@H]32. The number of piperidine rings is 1. The molecule has 0 radical (unpaired) electrons. The number of ether oxygens (including phenoxy) is 1. The van der Waals surface area contributed by atoms with Gasteiger partial charge in [-0.3, -0.25) is 4.90 Å². The van der Waals surface area contributed by atoms with Gasteiger partial charge in [-0.2, -0.15) is 0 Å². The quantitative estimate of drug-likeness (QED) is 0.780. The molecule has 2 atom stereocenters. The highest BCUT2D eigenvalue weighted by Gasteiger charge is 2.51. The number of esters is 1. The zero-order chi connectivity index (χ0) is 17.9. The van der Waals surface area contributed by atoms with Crippen LogP contribution in [0.3, 0.4) is 0 Å². The first-order valence-corrected chi connectivity index (χ1v) is 9.97. The molecule has 2 aromatic rings. The van der Waals surface area contributed by atoms with Crippen molar-refractivity contribution in [3.05, 3.63) is 41.6 Å². The second-order valence-corrected chi connectivity index (χ2v) is 7.85. The molecule has 0 bridgehead atoms. The van der Waals surface area contributed by atoms with Gasteiger partial charge in [0.15, 0.2) is 0 Å². The Balaban J connectivity index is 1.85. The fraction of sp³-hybridized carbons (Fsp3) is 0.500. The number of carbonyl (C=O) groups is 1. The molecular formula is C22H26N2O2. The van der Waals surface area contributed by atoms with Crippen LogP contribution in [-0.4, -0.2) is 35.1 Å². The number of hydrogen-bond donors (Lipinski definition) is 0. The molecule has 4 heterocycles. The highest BCUT2D eigenvalue weighted by molar-refractivity contribution is 6.13. The van der Waals surface area contributed by atoms with Crippen molar-refractivity contribution in [2.24, 2.45) is 5.41 Å². The van der Waals surface area contributed by atoms with E-state index in [0.717, 1.165) is 43.6 Å². The van der Waals surface area contributed by atoms with Crippen LogP contribution in [-0.2, 0) is 16.0 Å². The van der Waals surface area contributed by atoms with E-state index in [0.29, 0.717) is 12.6 Å². The van der Waals surface area contributed by atoms with E-state index < -0.39 is 0 Å². The summed E-state index contributed by atoms with van der Waals surface area (Å²) in [6.07, 6.45) is 6.73. The number of hydrogen-bond acceptors (Lipinski definition) is 3. The lowest BCUT2D eigenvalue weighted by molar-refractivity contribution is -0.136. The molecule has 1 fully saturated rings. The Morgan fingerprint density at radius 2 is 2.12 bits per heavy atom. The minimum absolute atomic E-state index is 0.0416. The van der Waals surface area contributed by atoms with E-state index >= 15 is 0 Å². The Kier molecular flexibility index (Phi) is 3.54. The molecule has 3 aliphatic heterocycles. The van der Waals surface area contributed by atoms with Crippen LogP contribution < -0.4 is 0 Å². The van der Waals surface area contributed by atoms with Crippen molar-refractivity contribution in [1.29, 1.82) is 0 Å². The Bertz CT molecular complexity index is 926. The third-order valence-electron chi connectivity index (χ3n) is 6.73. The van der Waals surface area contributed by atoms with Crippen LogP contribution in [0.25, 0.3) is 16.6 Å². The largest absolute Gasteiger partial charge is 0.461 e. The summed E-state index contributed by atoms with van der Waals surface area (Å²) >= 11 is 0. The van der Waals surface area contributed by atoms with Crippen LogP contribution in [0.4, 0.5) is 0 Å². The number of aromatic nitrogens is 1. The number of rotatable bonds is 3. The predicted octanol–water partition coefficient (Wildman–Crippen LogP) is 4.15. The average molecular weight is 350 g/mol. The second-order valence-electron chi connectivity index (χ2n) is 7.85. The molecule has 0 aliphatic carbocycles. The van der Waals surface area contributed by atoms with Gasteiger partial charge in [0.05, 0.1) is 18.2 Å². The van der Waals surface area contributed by atoms with Crippen molar-refractivity contribution in [3.8, 4) is 0 Å². The smallest absolute Gasteiger partial charge is 0.354 e. The third kappa shape index (κ3) is 1.96. The second kappa shape index (κ2) is 5.71. The Hall–Kier alpha value is -2.07. The van der Waals surface area contributed by atoms with Crippen molar-refractivity contribution in [2.75, 3.05) is 19.7 Å². The standard InChI is InChI=1S/C22H26N2O2/c1-3-22-11-7-12-23-13-10-16-15-8-5-6-9-17(15)24(19(16)20(22)23)18(14-22)21(25)26-4-2/h5-6,8-9,14,20H,3-4,7,10-13H2,1-2H3/t20-,22+/m0/s1. The van der Waals surface area contributed by atoms with Crippen LogP contribution in [0.15, 0.2) is 30.3 Å². The maximum absolute atomic E-state index is 12.9. The molecule has 3 aliphatic rings. The summed E-state index contributed by atoms with van der Waals surface area (Å²) in [5.41, 5.74) is 4.71. The van der Waals surface area contributed by atoms with Gasteiger partial charge in [0.1, 0.15) is 5.70 Å². The van der Waals surface area contributed by atoms with Gasteiger partial charge in [0.25, 0.3) is 0 Å². The van der Waals surface area contributed by atoms with Crippen LogP contribution in [0.1, 0.15) is 50.4 Å². The van der Waals surface area contributed by atoms with E-state index in [-0.39, 0.29) is 11.4 Å². The van der Waals surface area contributed by atoms with E-state index in [9.17, 15) is 4.79 Å². The zero-order valence-electron chi connectivity index (χ0n) is 15.6. The summed E-state index contributed by atoms with van der Waals surface area (Å²) in [4.78, 5) is 15.6. The van der Waals surface area contributed by atoms with Gasteiger partial charge < -0.3 is 9.30 Å². The fourth-order valence-corrected chi connectivity index (χ4v) is 5.63. The minimum atomic E-state index is -0.190. The lowest BCUT2D eigenvalue weighted by Gasteiger charge is -2.53. The summed E-state index contributed by atoms with van der Waals surface area (Å²) in [7, 11) is 0. The highest BCUT2D eigenvalue weighted by Crippen LogP contribution is 2.57. The molecule has 1 aromatic carbocycles. The number of carbonyl (C=O) groups excluding carboxylic acids is 1. The highest BCUT2D eigenvalue weighted by atomic mass is 16.5. The number of para-hydroxylation sites is 1. The topological polar surface area (TPSA) is 34.5 Å². The van der Waals surface area contributed by atoms with Gasteiger partial charge in [-0.15, -0.1) is 0 Å². The number of benzene rings is 1. The van der Waals surface area contributed by atoms with Gasteiger partial charge in [0, 0.05) is 23.0 Å². The molecule has 0 amide bonds. The molecule has 1 aromatic heterocycles. The molecule has 0 spiro atoms. The van der Waals surface area contributed by atoms with Crippen molar-refractivity contribution in [1.82, 2.24) is 9.47 Å². The maximum Gasteiger partial charge on any atom is 0.354 e. The average Bonchev–Trinajstić information content (AvgIpc) is 3.02. The van der Waals surface area contributed by atoms with Crippen LogP contribution in [0.5, 0.6) is 0 Å². The fourth-order valence-electron chi connectivity index (χ4n) is 5.63. The summed E-state index contributed by atoms with van der Waals surface area (Å²) < 4.78 is 7.69. The molecule has 26 heavy (non-hydrogen) atoms. The molecule has 1 saturated heterocycles. The van der Waals surface area contributed by atoms with E-state index in [1.165, 1.54) is 23.1 Å². The number of fused-ring (bicyclic) bond motifs is 3. The van der Waals surface area contributed by atoms with E-state index in [1.807, 2.05) is 6.92 Å². The van der Waals surface area contributed by atoms with E-state index in [4.69, 9.17) is 4.74 Å². The van der Waals surface area contributed by atoms with Gasteiger partial charge >= 0.3 is 5.97 Å². The van der Waals surface area contributed by atoms with Crippen molar-refractivity contribution in [3.63, 3.8) is 0 Å². The zero-order valence-corrected chi connectivity index (χ0v) is 15.6. The summed E-state index contributed by atoms with van der Waals surface area (Å²) in [5, 5.41) is 1.30. The maximum atomic E-state index is 12.9. The monoisotopic (exact) mass is 350 g/mol. The first-order valence-electron chi connectivity index (χ1n) is 9.97. The lowest BCUT2D eigenvalue weighted by Crippen LogP contribution is -2.51. The molecule has 0 unspecified atom stereocenters. The molecular weight excluding hydrogens is 324 g/mol. The Morgan fingerprint density at radius 1 is 1.27 bits per heavy atom. The first-order chi connectivity index (χ1) is 12.7. The number of nitrogens with zero attached hydrogens (tertiary/aromatic N) is 2. The van der Waals surface area contributed by atoms with Gasteiger partial charge in [-0.25, -0.2) is 4.79 Å². The van der Waals surface area contributed by atoms with Crippen molar-refractivity contribution < 1.29 is 9.53 Å². The van der Waals surface area contributed by atoms with Crippen molar-refractivity contribution >= 4 is 22.6 Å². The van der Waals surface area contributed by atoms with E-state index in [1.54, 1.807) is 0 Å². The molecule has 0 saturated carbocycles. The molecule has 136 valence electrons. The van der Waals surface area contributed by atoms with Gasteiger partial charge in [0.2, 0.25) is 0 Å². The molecule has 4 heteroatoms. The first kappa shape index (κ1) is 16.1. The Morgan fingerprint density at radius 3 is 2.92 bits per heavy atom. The molecule has 5 rings (SSSR count). The predicted molar refractivity (Wildman–Crippen MR) is 103 cm³/mol. The van der Waals surface area contributed by atoms with E-state index in [2.05, 4.69) is 46.7 Å². The normalized spacial score (nSPS) is 27.2. The minimum Gasteiger partial charge on any atom is -0.461 e. The van der Waals surface area contributed by atoms with Crippen LogP contribution in [0.2, 0.25) is 0 Å². The van der Waals surface area contributed by atoms with Crippen LogP contribution >= 0.6 is 0 Å².